The number of piperidine rings is 1. The number of likely N-dealkylation sites (tertiary alicyclic amines) is 1. The Hall–Kier alpha value is -0.570. The molecule has 0 aromatic carbocycles. The quantitative estimate of drug-likeness (QED) is 0.819. The van der Waals surface area contributed by atoms with Crippen LogP contribution >= 0.6 is 0 Å². The number of amides is 1. The van der Waals surface area contributed by atoms with E-state index >= 15 is 0 Å². The van der Waals surface area contributed by atoms with Crippen LogP contribution < -0.4 is 5.73 Å². The lowest BCUT2D eigenvalue weighted by Gasteiger charge is -2.40. The second-order valence-electron chi connectivity index (χ2n) is 5.86. The summed E-state index contributed by atoms with van der Waals surface area (Å²) in [5.74, 6) is 1.58. The maximum Gasteiger partial charge on any atom is 0.223 e. The standard InChI is InChI=1S/C14H26N2O/c1-11-5-4-8-16(13(11)10-15)14(17)9-12-6-2-3-7-12/h11-13H,2-10,15H2,1H3. The van der Waals surface area contributed by atoms with Crippen molar-refractivity contribution >= 4 is 5.91 Å². The third-order valence-corrected chi connectivity index (χ3v) is 4.62. The van der Waals surface area contributed by atoms with E-state index in [0.717, 1.165) is 19.4 Å². The number of carbonyl (C=O) groups excluding carboxylic acids is 1. The summed E-state index contributed by atoms with van der Waals surface area (Å²) in [7, 11) is 0. The summed E-state index contributed by atoms with van der Waals surface area (Å²) < 4.78 is 0. The van der Waals surface area contributed by atoms with Gasteiger partial charge in [-0.3, -0.25) is 4.79 Å². The molecular formula is C14H26N2O. The molecule has 3 heteroatoms. The molecule has 2 rings (SSSR count). The first-order valence-corrected chi connectivity index (χ1v) is 7.22. The van der Waals surface area contributed by atoms with E-state index < -0.39 is 0 Å². The lowest BCUT2D eigenvalue weighted by Crippen LogP contribution is -2.51. The number of rotatable bonds is 3. The van der Waals surface area contributed by atoms with Gasteiger partial charge >= 0.3 is 0 Å². The zero-order valence-electron chi connectivity index (χ0n) is 11.0. The van der Waals surface area contributed by atoms with Crippen LogP contribution in [0, 0.1) is 11.8 Å². The van der Waals surface area contributed by atoms with Crippen LogP contribution in [0.15, 0.2) is 0 Å². The van der Waals surface area contributed by atoms with E-state index in [2.05, 4.69) is 11.8 Å². The Morgan fingerprint density at radius 3 is 2.59 bits per heavy atom. The van der Waals surface area contributed by atoms with Crippen molar-refractivity contribution in [2.24, 2.45) is 17.6 Å². The van der Waals surface area contributed by atoms with Crippen molar-refractivity contribution in [1.82, 2.24) is 4.90 Å². The lowest BCUT2D eigenvalue weighted by molar-refractivity contribution is -0.137. The zero-order valence-corrected chi connectivity index (χ0v) is 11.0. The molecule has 2 fully saturated rings. The average molecular weight is 238 g/mol. The molecule has 2 atom stereocenters. The number of hydrogen-bond donors (Lipinski definition) is 1. The molecule has 1 heterocycles. The first kappa shape index (κ1) is 12.9. The normalized spacial score (nSPS) is 30.8. The van der Waals surface area contributed by atoms with Gasteiger partial charge < -0.3 is 10.6 Å². The number of nitrogens with zero attached hydrogens (tertiary/aromatic N) is 1. The summed E-state index contributed by atoms with van der Waals surface area (Å²) in [6.07, 6.45) is 8.26. The molecule has 1 aliphatic carbocycles. The molecule has 1 aliphatic heterocycles. The number of carbonyl (C=O) groups is 1. The Labute approximate surface area is 105 Å². The Balaban J connectivity index is 1.91. The minimum atomic E-state index is 0.289. The Morgan fingerprint density at radius 2 is 1.94 bits per heavy atom. The van der Waals surface area contributed by atoms with E-state index in [1.54, 1.807) is 0 Å². The Bertz CT molecular complexity index is 261. The van der Waals surface area contributed by atoms with Crippen molar-refractivity contribution in [2.75, 3.05) is 13.1 Å². The molecule has 0 spiro atoms. The third-order valence-electron chi connectivity index (χ3n) is 4.62. The van der Waals surface area contributed by atoms with E-state index in [1.165, 1.54) is 32.1 Å². The molecule has 2 unspecified atom stereocenters. The summed E-state index contributed by atoms with van der Waals surface area (Å²) in [5.41, 5.74) is 5.84. The highest BCUT2D eigenvalue weighted by Gasteiger charge is 2.31. The molecule has 0 radical (unpaired) electrons. The maximum atomic E-state index is 12.3. The van der Waals surface area contributed by atoms with Crippen molar-refractivity contribution < 1.29 is 4.79 Å². The first-order chi connectivity index (χ1) is 8.22. The molecule has 2 aliphatic rings. The predicted octanol–water partition coefficient (Wildman–Crippen LogP) is 2.15. The number of hydrogen-bond acceptors (Lipinski definition) is 2. The van der Waals surface area contributed by atoms with Crippen LogP contribution in [0.1, 0.15) is 51.9 Å². The fraction of sp³-hybridized carbons (Fsp3) is 0.929. The fourth-order valence-electron chi connectivity index (χ4n) is 3.50. The van der Waals surface area contributed by atoms with Gasteiger partial charge in [-0.05, 0) is 37.5 Å². The van der Waals surface area contributed by atoms with Gasteiger partial charge in [-0.15, -0.1) is 0 Å². The smallest absolute Gasteiger partial charge is 0.223 e. The van der Waals surface area contributed by atoms with Crippen LogP contribution in [0.3, 0.4) is 0 Å². The molecule has 98 valence electrons. The molecule has 17 heavy (non-hydrogen) atoms. The van der Waals surface area contributed by atoms with E-state index in [-0.39, 0.29) is 6.04 Å². The average Bonchev–Trinajstić information content (AvgIpc) is 2.81. The Morgan fingerprint density at radius 1 is 1.24 bits per heavy atom. The molecule has 1 saturated heterocycles. The SMILES string of the molecule is CC1CCCN(C(=O)CC2CCCC2)C1CN. The van der Waals surface area contributed by atoms with Crippen molar-refractivity contribution in [2.45, 2.75) is 57.9 Å². The van der Waals surface area contributed by atoms with Crippen molar-refractivity contribution in [1.29, 1.82) is 0 Å². The molecule has 0 aromatic rings. The molecule has 2 N–H and O–H groups in total. The van der Waals surface area contributed by atoms with Gasteiger partial charge in [0, 0.05) is 25.6 Å². The van der Waals surface area contributed by atoms with Crippen molar-refractivity contribution in [3.63, 3.8) is 0 Å². The fourth-order valence-corrected chi connectivity index (χ4v) is 3.50. The molecule has 0 aromatic heterocycles. The summed E-state index contributed by atoms with van der Waals surface area (Å²) >= 11 is 0. The van der Waals surface area contributed by atoms with Gasteiger partial charge in [-0.2, -0.15) is 0 Å². The summed E-state index contributed by atoms with van der Waals surface area (Å²) in [6.45, 7) is 3.78. The molecule has 1 saturated carbocycles. The minimum Gasteiger partial charge on any atom is -0.338 e. The zero-order chi connectivity index (χ0) is 12.3. The van der Waals surface area contributed by atoms with E-state index in [4.69, 9.17) is 5.73 Å². The summed E-state index contributed by atoms with van der Waals surface area (Å²) in [4.78, 5) is 14.4. The van der Waals surface area contributed by atoms with Gasteiger partial charge in [0.05, 0.1) is 0 Å². The first-order valence-electron chi connectivity index (χ1n) is 7.22. The van der Waals surface area contributed by atoms with Gasteiger partial charge in [0.25, 0.3) is 0 Å². The third kappa shape index (κ3) is 3.01. The number of nitrogens with two attached hydrogens (primary N) is 1. The van der Waals surface area contributed by atoms with Gasteiger partial charge in [-0.25, -0.2) is 0 Å². The highest BCUT2D eigenvalue weighted by Crippen LogP contribution is 2.30. The van der Waals surface area contributed by atoms with Gasteiger partial charge in [0.2, 0.25) is 5.91 Å². The van der Waals surface area contributed by atoms with E-state index in [0.29, 0.717) is 24.3 Å². The van der Waals surface area contributed by atoms with Crippen LogP contribution in [0.2, 0.25) is 0 Å². The second-order valence-corrected chi connectivity index (χ2v) is 5.86. The molecule has 1 amide bonds. The van der Waals surface area contributed by atoms with Crippen LogP contribution in [0.25, 0.3) is 0 Å². The largest absolute Gasteiger partial charge is 0.338 e. The summed E-state index contributed by atoms with van der Waals surface area (Å²) in [5, 5.41) is 0. The van der Waals surface area contributed by atoms with E-state index in [1.807, 2.05) is 0 Å². The van der Waals surface area contributed by atoms with Gasteiger partial charge in [0.1, 0.15) is 0 Å². The summed E-state index contributed by atoms with van der Waals surface area (Å²) in [6, 6.07) is 0.289. The van der Waals surface area contributed by atoms with Crippen LogP contribution in [-0.4, -0.2) is 29.9 Å². The van der Waals surface area contributed by atoms with Crippen LogP contribution in [0.4, 0.5) is 0 Å². The molecule has 3 nitrogen and oxygen atoms in total. The van der Waals surface area contributed by atoms with Crippen LogP contribution in [0.5, 0.6) is 0 Å². The Kier molecular flexibility index (Phi) is 4.43. The van der Waals surface area contributed by atoms with E-state index in [9.17, 15) is 4.79 Å². The minimum absolute atomic E-state index is 0.289. The van der Waals surface area contributed by atoms with Crippen molar-refractivity contribution in [3.8, 4) is 0 Å². The maximum absolute atomic E-state index is 12.3. The topological polar surface area (TPSA) is 46.3 Å². The highest BCUT2D eigenvalue weighted by atomic mass is 16.2. The van der Waals surface area contributed by atoms with Gasteiger partial charge in [0.15, 0.2) is 0 Å². The molecular weight excluding hydrogens is 212 g/mol. The second kappa shape index (κ2) is 5.85. The van der Waals surface area contributed by atoms with Gasteiger partial charge in [-0.1, -0.05) is 19.8 Å². The van der Waals surface area contributed by atoms with Crippen LogP contribution in [-0.2, 0) is 4.79 Å². The van der Waals surface area contributed by atoms with Crippen molar-refractivity contribution in [3.05, 3.63) is 0 Å². The lowest BCUT2D eigenvalue weighted by atomic mass is 9.90. The molecule has 0 bridgehead atoms. The monoisotopic (exact) mass is 238 g/mol. The predicted molar refractivity (Wildman–Crippen MR) is 69.5 cm³/mol. The highest BCUT2D eigenvalue weighted by molar-refractivity contribution is 5.77.